The van der Waals surface area contributed by atoms with Crippen LogP contribution < -0.4 is 4.74 Å². The Bertz CT molecular complexity index is 415. The minimum atomic E-state index is -0.504. The number of hydrogen-bond acceptors (Lipinski definition) is 3. The molecule has 1 aromatic carbocycles. The summed E-state index contributed by atoms with van der Waals surface area (Å²) in [6, 6.07) is 5.79. The van der Waals surface area contributed by atoms with Crippen molar-refractivity contribution in [3.05, 3.63) is 28.2 Å². The third-order valence-corrected chi connectivity index (χ3v) is 2.95. The van der Waals surface area contributed by atoms with Crippen LogP contribution >= 0.6 is 15.9 Å². The fourth-order valence-corrected chi connectivity index (χ4v) is 2.17. The average Bonchev–Trinajstić information content (AvgIpc) is 2.61. The molecule has 0 aliphatic carbocycles. The van der Waals surface area contributed by atoms with E-state index >= 15 is 0 Å². The first-order valence-corrected chi connectivity index (χ1v) is 6.01. The lowest BCUT2D eigenvalue weighted by Gasteiger charge is -2.13. The van der Waals surface area contributed by atoms with E-state index < -0.39 is 6.10 Å². The van der Waals surface area contributed by atoms with Gasteiger partial charge >= 0.3 is 5.97 Å². The normalized spacial score (nSPS) is 18.1. The van der Waals surface area contributed by atoms with Crippen molar-refractivity contribution in [2.24, 2.45) is 0 Å². The highest BCUT2D eigenvalue weighted by Gasteiger charge is 2.31. The zero-order valence-corrected chi connectivity index (χ0v) is 10.8. The van der Waals surface area contributed by atoms with Crippen LogP contribution in [0.2, 0.25) is 0 Å². The number of benzene rings is 1. The Morgan fingerprint density at radius 3 is 2.94 bits per heavy atom. The molecule has 4 heteroatoms. The zero-order chi connectivity index (χ0) is 11.7. The van der Waals surface area contributed by atoms with Gasteiger partial charge in [0, 0.05) is 6.42 Å². The summed E-state index contributed by atoms with van der Waals surface area (Å²) in [4.78, 5) is 11.7. The molecule has 1 unspecified atom stereocenters. The van der Waals surface area contributed by atoms with Crippen molar-refractivity contribution in [3.63, 3.8) is 0 Å². The number of halogens is 1. The maximum atomic E-state index is 11.7. The fourth-order valence-electron chi connectivity index (χ4n) is 1.67. The molecule has 0 saturated carbocycles. The van der Waals surface area contributed by atoms with Gasteiger partial charge < -0.3 is 9.47 Å². The van der Waals surface area contributed by atoms with Gasteiger partial charge in [0.05, 0.1) is 10.6 Å². The lowest BCUT2D eigenvalue weighted by Crippen LogP contribution is -2.29. The van der Waals surface area contributed by atoms with Crippen LogP contribution in [0, 0.1) is 0 Å². The maximum Gasteiger partial charge on any atom is 0.347 e. The molecule has 0 saturated heterocycles. The molecule has 1 heterocycles. The number of esters is 1. The number of rotatable bonds is 2. The third kappa shape index (κ3) is 2.21. The van der Waals surface area contributed by atoms with E-state index in [1.165, 1.54) is 0 Å². The van der Waals surface area contributed by atoms with Crippen LogP contribution in [0.4, 0.5) is 0 Å². The first-order valence-electron chi connectivity index (χ1n) is 5.22. The van der Waals surface area contributed by atoms with Crippen LogP contribution in [-0.2, 0) is 16.0 Å². The second-order valence-corrected chi connectivity index (χ2v) is 4.88. The molecular weight excluding hydrogens is 272 g/mol. The van der Waals surface area contributed by atoms with E-state index in [4.69, 9.17) is 9.47 Å². The Labute approximate surface area is 103 Å². The van der Waals surface area contributed by atoms with Gasteiger partial charge in [-0.1, -0.05) is 12.1 Å². The fraction of sp³-hybridized carbons (Fsp3) is 0.417. The van der Waals surface area contributed by atoms with Crippen LogP contribution in [0.1, 0.15) is 19.4 Å². The molecular formula is C12H13BrO3. The molecule has 1 atom stereocenters. The SMILES string of the molecule is CC(C)OC(=O)C1Cc2cccc(Br)c2O1. The largest absolute Gasteiger partial charge is 0.477 e. The van der Waals surface area contributed by atoms with Crippen molar-refractivity contribution < 1.29 is 14.3 Å². The highest BCUT2D eigenvalue weighted by atomic mass is 79.9. The summed E-state index contributed by atoms with van der Waals surface area (Å²) in [6.45, 7) is 3.66. The summed E-state index contributed by atoms with van der Waals surface area (Å²) in [5.41, 5.74) is 1.04. The van der Waals surface area contributed by atoms with E-state index in [-0.39, 0.29) is 12.1 Å². The van der Waals surface area contributed by atoms with E-state index in [0.29, 0.717) is 6.42 Å². The van der Waals surface area contributed by atoms with E-state index in [0.717, 1.165) is 15.8 Å². The molecule has 0 spiro atoms. The summed E-state index contributed by atoms with van der Waals surface area (Å²) >= 11 is 3.40. The predicted molar refractivity (Wildman–Crippen MR) is 63.5 cm³/mol. The molecule has 86 valence electrons. The number of ether oxygens (including phenoxy) is 2. The Morgan fingerprint density at radius 2 is 2.31 bits per heavy atom. The number of hydrogen-bond donors (Lipinski definition) is 0. The minimum absolute atomic E-state index is 0.108. The summed E-state index contributed by atoms with van der Waals surface area (Å²) in [5, 5.41) is 0. The Balaban J connectivity index is 2.11. The first-order chi connectivity index (χ1) is 7.58. The van der Waals surface area contributed by atoms with E-state index in [1.807, 2.05) is 32.0 Å². The number of para-hydroxylation sites is 1. The van der Waals surface area contributed by atoms with Crippen molar-refractivity contribution in [1.82, 2.24) is 0 Å². The summed E-state index contributed by atoms with van der Waals surface area (Å²) in [6.07, 6.45) is -0.0281. The highest BCUT2D eigenvalue weighted by molar-refractivity contribution is 9.10. The van der Waals surface area contributed by atoms with Crippen molar-refractivity contribution in [2.75, 3.05) is 0 Å². The van der Waals surface area contributed by atoms with Gasteiger partial charge in [-0.15, -0.1) is 0 Å². The average molecular weight is 285 g/mol. The topological polar surface area (TPSA) is 35.5 Å². The lowest BCUT2D eigenvalue weighted by molar-refractivity contribution is -0.154. The first kappa shape index (κ1) is 11.5. The van der Waals surface area contributed by atoms with Gasteiger partial charge in [0.2, 0.25) is 0 Å². The van der Waals surface area contributed by atoms with E-state index in [9.17, 15) is 4.79 Å². The maximum absolute atomic E-state index is 11.7. The Hall–Kier alpha value is -1.03. The summed E-state index contributed by atoms with van der Waals surface area (Å²) < 4.78 is 11.6. The van der Waals surface area contributed by atoms with Gasteiger partial charge in [-0.3, -0.25) is 0 Å². The van der Waals surface area contributed by atoms with Gasteiger partial charge in [0.15, 0.2) is 6.10 Å². The molecule has 1 aromatic rings. The number of fused-ring (bicyclic) bond motifs is 1. The van der Waals surface area contributed by atoms with E-state index in [2.05, 4.69) is 15.9 Å². The van der Waals surface area contributed by atoms with Gasteiger partial charge in [-0.25, -0.2) is 4.79 Å². The second kappa shape index (κ2) is 4.45. The molecule has 0 N–H and O–H groups in total. The smallest absolute Gasteiger partial charge is 0.347 e. The molecule has 16 heavy (non-hydrogen) atoms. The molecule has 0 amide bonds. The van der Waals surface area contributed by atoms with Gasteiger partial charge in [-0.2, -0.15) is 0 Å². The minimum Gasteiger partial charge on any atom is -0.477 e. The monoisotopic (exact) mass is 284 g/mol. The predicted octanol–water partition coefficient (Wildman–Crippen LogP) is 2.70. The lowest BCUT2D eigenvalue weighted by atomic mass is 10.1. The van der Waals surface area contributed by atoms with Crippen molar-refractivity contribution >= 4 is 21.9 Å². The van der Waals surface area contributed by atoms with Crippen molar-refractivity contribution in [1.29, 1.82) is 0 Å². The van der Waals surface area contributed by atoms with E-state index in [1.54, 1.807) is 0 Å². The second-order valence-electron chi connectivity index (χ2n) is 4.02. The van der Waals surface area contributed by atoms with Gasteiger partial charge in [-0.05, 0) is 41.4 Å². The van der Waals surface area contributed by atoms with Crippen LogP contribution in [0.15, 0.2) is 22.7 Å². The molecule has 2 rings (SSSR count). The molecule has 0 aromatic heterocycles. The molecule has 0 fully saturated rings. The summed E-state index contributed by atoms with van der Waals surface area (Å²) in [5.74, 6) is 0.464. The number of carbonyl (C=O) groups is 1. The molecule has 1 aliphatic heterocycles. The molecule has 3 nitrogen and oxygen atoms in total. The highest BCUT2D eigenvalue weighted by Crippen LogP contribution is 2.36. The van der Waals surface area contributed by atoms with Gasteiger partial charge in [0.25, 0.3) is 0 Å². The molecule has 0 bridgehead atoms. The molecule has 1 aliphatic rings. The standard InChI is InChI=1S/C12H13BrO3/c1-7(2)15-12(14)10-6-8-4-3-5-9(13)11(8)16-10/h3-5,7,10H,6H2,1-2H3. The van der Waals surface area contributed by atoms with Crippen LogP contribution in [-0.4, -0.2) is 18.2 Å². The Morgan fingerprint density at radius 1 is 1.56 bits per heavy atom. The van der Waals surface area contributed by atoms with Gasteiger partial charge in [0.1, 0.15) is 5.75 Å². The van der Waals surface area contributed by atoms with Crippen LogP contribution in [0.25, 0.3) is 0 Å². The van der Waals surface area contributed by atoms with Crippen LogP contribution in [0.3, 0.4) is 0 Å². The Kier molecular flexibility index (Phi) is 3.19. The van der Waals surface area contributed by atoms with Crippen molar-refractivity contribution in [2.45, 2.75) is 32.5 Å². The van der Waals surface area contributed by atoms with Crippen LogP contribution in [0.5, 0.6) is 5.75 Å². The van der Waals surface area contributed by atoms with Crippen molar-refractivity contribution in [3.8, 4) is 5.75 Å². The summed E-state index contributed by atoms with van der Waals surface area (Å²) in [7, 11) is 0. The zero-order valence-electron chi connectivity index (χ0n) is 9.20. The third-order valence-electron chi connectivity index (χ3n) is 2.33. The quantitative estimate of drug-likeness (QED) is 0.784. The molecule has 0 radical (unpaired) electrons. The number of carbonyl (C=O) groups excluding carboxylic acids is 1.